The second-order valence-corrected chi connectivity index (χ2v) is 6.53. The van der Waals surface area contributed by atoms with E-state index in [1.165, 1.54) is 12.1 Å². The number of alkyl halides is 3. The van der Waals surface area contributed by atoms with Crippen LogP contribution in [0.3, 0.4) is 0 Å². The van der Waals surface area contributed by atoms with Gasteiger partial charge in [-0.05, 0) is 62.9 Å². The summed E-state index contributed by atoms with van der Waals surface area (Å²) in [6.07, 6.45) is -0.478. The Morgan fingerprint density at radius 1 is 1.22 bits per heavy atom. The summed E-state index contributed by atoms with van der Waals surface area (Å²) in [5.74, 6) is -0.0665. The fourth-order valence-corrected chi connectivity index (χ4v) is 3.43. The zero-order valence-electron chi connectivity index (χ0n) is 12.9. The number of hydrogen-bond acceptors (Lipinski definition) is 2. The quantitative estimate of drug-likeness (QED) is 0.895. The number of carbonyl (C=O) groups excluding carboxylic acids is 1. The lowest BCUT2D eigenvalue weighted by atomic mass is 9.71. The Morgan fingerprint density at radius 2 is 1.91 bits per heavy atom. The van der Waals surface area contributed by atoms with Gasteiger partial charge >= 0.3 is 6.18 Å². The van der Waals surface area contributed by atoms with Crippen LogP contribution in [0.1, 0.15) is 43.2 Å². The number of amides is 1. The average Bonchev–Trinajstić information content (AvgIpc) is 2.51. The summed E-state index contributed by atoms with van der Waals surface area (Å²) < 4.78 is 38.8. The molecule has 2 aliphatic rings. The molecule has 1 amide bonds. The molecule has 126 valence electrons. The predicted molar refractivity (Wildman–Crippen MR) is 80.7 cm³/mol. The highest BCUT2D eigenvalue weighted by Crippen LogP contribution is 2.43. The lowest BCUT2D eigenvalue weighted by Gasteiger charge is -2.44. The number of benzene rings is 1. The van der Waals surface area contributed by atoms with Gasteiger partial charge in [-0.25, -0.2) is 0 Å². The van der Waals surface area contributed by atoms with Gasteiger partial charge in [-0.1, -0.05) is 12.1 Å². The molecule has 1 heterocycles. The number of halogens is 3. The summed E-state index contributed by atoms with van der Waals surface area (Å²) in [5, 5.41) is 6.27. The Bertz CT molecular complexity index is 575. The molecule has 0 radical (unpaired) electrons. The van der Waals surface area contributed by atoms with Crippen LogP contribution in [-0.2, 0) is 16.5 Å². The first-order chi connectivity index (χ1) is 10.9. The second-order valence-electron chi connectivity index (χ2n) is 6.53. The number of carbonyl (C=O) groups is 1. The van der Waals surface area contributed by atoms with E-state index in [0.29, 0.717) is 18.4 Å². The molecule has 1 aromatic rings. The molecule has 3 rings (SSSR count). The first kappa shape index (κ1) is 16.3. The molecule has 23 heavy (non-hydrogen) atoms. The van der Waals surface area contributed by atoms with Crippen molar-refractivity contribution in [3.05, 3.63) is 35.4 Å². The summed E-state index contributed by atoms with van der Waals surface area (Å²) in [5.41, 5.74) is -0.707. The largest absolute Gasteiger partial charge is 0.416 e. The van der Waals surface area contributed by atoms with Gasteiger partial charge < -0.3 is 10.6 Å². The van der Waals surface area contributed by atoms with Crippen LogP contribution in [0.15, 0.2) is 24.3 Å². The molecular formula is C17H21F3N2O. The van der Waals surface area contributed by atoms with Crippen molar-refractivity contribution in [3.8, 4) is 0 Å². The lowest BCUT2D eigenvalue weighted by molar-refractivity contribution is -0.137. The monoisotopic (exact) mass is 326 g/mol. The van der Waals surface area contributed by atoms with E-state index in [0.717, 1.165) is 38.4 Å². The van der Waals surface area contributed by atoms with E-state index in [9.17, 15) is 18.0 Å². The van der Waals surface area contributed by atoms with Crippen LogP contribution in [0, 0.1) is 5.92 Å². The molecule has 3 nitrogen and oxygen atoms in total. The van der Waals surface area contributed by atoms with Crippen LogP contribution in [0.2, 0.25) is 0 Å². The van der Waals surface area contributed by atoms with Crippen molar-refractivity contribution in [2.45, 2.75) is 43.8 Å². The maximum absolute atomic E-state index is 12.9. The van der Waals surface area contributed by atoms with Gasteiger partial charge in [0.05, 0.1) is 11.1 Å². The molecule has 1 aromatic carbocycles. The van der Waals surface area contributed by atoms with Gasteiger partial charge in [-0.15, -0.1) is 0 Å². The minimum Gasteiger partial charge on any atom is -0.346 e. The van der Waals surface area contributed by atoms with Gasteiger partial charge in [-0.2, -0.15) is 13.2 Å². The first-order valence-corrected chi connectivity index (χ1v) is 8.11. The minimum absolute atomic E-state index is 0.0244. The molecule has 1 saturated carbocycles. The Balaban J connectivity index is 1.79. The van der Waals surface area contributed by atoms with Crippen LogP contribution >= 0.6 is 0 Å². The normalized spacial score (nSPS) is 21.5. The number of piperidine rings is 1. The number of rotatable bonds is 3. The van der Waals surface area contributed by atoms with Crippen LogP contribution in [0.25, 0.3) is 0 Å². The van der Waals surface area contributed by atoms with Crippen LogP contribution < -0.4 is 10.6 Å². The zero-order valence-corrected chi connectivity index (χ0v) is 12.9. The molecule has 1 aliphatic carbocycles. The topological polar surface area (TPSA) is 41.1 Å². The summed E-state index contributed by atoms with van der Waals surface area (Å²) in [7, 11) is 0. The van der Waals surface area contributed by atoms with E-state index in [-0.39, 0.29) is 11.8 Å². The van der Waals surface area contributed by atoms with Crippen molar-refractivity contribution in [1.82, 2.24) is 10.6 Å². The third-order valence-electron chi connectivity index (χ3n) is 5.02. The van der Waals surface area contributed by atoms with Gasteiger partial charge in [0.1, 0.15) is 0 Å². The van der Waals surface area contributed by atoms with E-state index in [1.807, 2.05) is 0 Å². The third-order valence-corrected chi connectivity index (χ3v) is 5.02. The van der Waals surface area contributed by atoms with Gasteiger partial charge in [0.25, 0.3) is 0 Å². The van der Waals surface area contributed by atoms with Gasteiger partial charge in [-0.3, -0.25) is 4.79 Å². The number of nitrogens with one attached hydrogen (secondary N) is 2. The zero-order chi connectivity index (χ0) is 16.5. The second kappa shape index (κ2) is 6.15. The molecule has 0 bridgehead atoms. The summed E-state index contributed by atoms with van der Waals surface area (Å²) in [6, 6.07) is 5.37. The molecule has 0 spiro atoms. The Hall–Kier alpha value is -1.56. The van der Waals surface area contributed by atoms with Crippen molar-refractivity contribution in [3.63, 3.8) is 0 Å². The highest BCUT2D eigenvalue weighted by atomic mass is 19.4. The molecule has 0 atom stereocenters. The van der Waals surface area contributed by atoms with Crippen LogP contribution in [0.4, 0.5) is 13.2 Å². The van der Waals surface area contributed by atoms with Crippen molar-refractivity contribution < 1.29 is 18.0 Å². The Morgan fingerprint density at radius 3 is 2.48 bits per heavy atom. The third kappa shape index (κ3) is 3.37. The highest BCUT2D eigenvalue weighted by molar-refractivity contribution is 5.80. The summed E-state index contributed by atoms with van der Waals surface area (Å²) in [4.78, 5) is 12.5. The van der Waals surface area contributed by atoms with E-state index >= 15 is 0 Å². The Kier molecular flexibility index (Phi) is 4.36. The van der Waals surface area contributed by atoms with Gasteiger partial charge in [0.15, 0.2) is 0 Å². The van der Waals surface area contributed by atoms with Crippen molar-refractivity contribution in [2.24, 2.45) is 5.92 Å². The maximum atomic E-state index is 12.9. The smallest absolute Gasteiger partial charge is 0.346 e. The predicted octanol–water partition coefficient (Wildman–Crippen LogP) is 3.20. The molecule has 0 unspecified atom stereocenters. The summed E-state index contributed by atoms with van der Waals surface area (Å²) >= 11 is 0. The lowest BCUT2D eigenvalue weighted by Crippen LogP contribution is -2.53. The molecule has 2 fully saturated rings. The Labute approximate surface area is 133 Å². The molecule has 2 N–H and O–H groups in total. The molecule has 6 heteroatoms. The van der Waals surface area contributed by atoms with Crippen molar-refractivity contribution in [1.29, 1.82) is 0 Å². The van der Waals surface area contributed by atoms with Crippen LogP contribution in [0.5, 0.6) is 0 Å². The van der Waals surface area contributed by atoms with E-state index in [4.69, 9.17) is 0 Å². The average molecular weight is 326 g/mol. The minimum atomic E-state index is -4.36. The molecule has 0 aromatic heterocycles. The first-order valence-electron chi connectivity index (χ1n) is 8.11. The molecular weight excluding hydrogens is 305 g/mol. The summed E-state index contributed by atoms with van der Waals surface area (Å²) in [6.45, 7) is 1.63. The maximum Gasteiger partial charge on any atom is 0.416 e. The molecule has 1 aliphatic heterocycles. The van der Waals surface area contributed by atoms with E-state index in [1.54, 1.807) is 6.07 Å². The van der Waals surface area contributed by atoms with Gasteiger partial charge in [0, 0.05) is 5.92 Å². The fourth-order valence-electron chi connectivity index (χ4n) is 3.43. The van der Waals surface area contributed by atoms with Crippen LogP contribution in [-0.4, -0.2) is 19.0 Å². The highest BCUT2D eigenvalue weighted by Gasteiger charge is 2.42. The van der Waals surface area contributed by atoms with E-state index < -0.39 is 17.3 Å². The SMILES string of the molecule is O=C(NC1(c2cccc(C(F)(F)F)c2)CCC1)C1CCNCC1. The van der Waals surface area contributed by atoms with Gasteiger partial charge in [0.2, 0.25) is 5.91 Å². The fraction of sp³-hybridized carbons (Fsp3) is 0.588. The standard InChI is InChI=1S/C17H21F3N2O/c18-17(19,20)14-4-1-3-13(11-14)16(7-2-8-16)22-15(23)12-5-9-21-10-6-12/h1,3-4,11-12,21H,2,5-10H2,(H,22,23). The van der Waals surface area contributed by atoms with Crippen molar-refractivity contribution in [2.75, 3.05) is 13.1 Å². The number of hydrogen-bond donors (Lipinski definition) is 2. The molecule has 1 saturated heterocycles. The van der Waals surface area contributed by atoms with E-state index in [2.05, 4.69) is 10.6 Å². The van der Waals surface area contributed by atoms with Crippen molar-refractivity contribution >= 4 is 5.91 Å².